The monoisotopic (exact) mass is 394 g/mol. The average Bonchev–Trinajstić information content (AvgIpc) is 3.13. The number of anilines is 2. The van der Waals surface area contributed by atoms with Gasteiger partial charge in [-0.3, -0.25) is 9.69 Å². The van der Waals surface area contributed by atoms with E-state index in [9.17, 15) is 9.59 Å². The number of aryl methyl sites for hydroxylation is 3. The Kier molecular flexibility index (Phi) is 5.13. The zero-order chi connectivity index (χ0) is 20.5. The van der Waals surface area contributed by atoms with Gasteiger partial charge in [-0.2, -0.15) is 0 Å². The average molecular weight is 394 g/mol. The van der Waals surface area contributed by atoms with Crippen molar-refractivity contribution in [3.63, 3.8) is 0 Å². The third kappa shape index (κ3) is 3.77. The number of ether oxygens (including phenoxy) is 1. The standard InChI is InChI=1S/C22H26N4O3/c1-15-12-17(3)20(23-14-15)24-6-8-25(9-7-24)21(27)18-4-5-19(16(2)13-18)26-10-11-29-22(26)28/h4-5,12-14H,6-11H2,1-3H3. The Morgan fingerprint density at radius 2 is 1.76 bits per heavy atom. The van der Waals surface area contributed by atoms with Crippen molar-refractivity contribution < 1.29 is 14.3 Å². The molecule has 0 spiro atoms. The van der Waals surface area contributed by atoms with Crippen molar-refractivity contribution in [3.8, 4) is 0 Å². The number of pyridine rings is 1. The molecule has 2 aliphatic rings. The zero-order valence-electron chi connectivity index (χ0n) is 17.1. The zero-order valence-corrected chi connectivity index (χ0v) is 17.1. The number of cyclic esters (lactones) is 1. The number of hydrogen-bond donors (Lipinski definition) is 0. The second-order valence-electron chi connectivity index (χ2n) is 7.70. The van der Waals surface area contributed by atoms with Crippen LogP contribution >= 0.6 is 0 Å². The Hall–Kier alpha value is -3.09. The molecule has 0 unspecified atom stereocenters. The molecule has 2 aromatic rings. The molecule has 0 N–H and O–H groups in total. The minimum atomic E-state index is -0.330. The summed E-state index contributed by atoms with van der Waals surface area (Å²) in [6.07, 6.45) is 1.56. The lowest BCUT2D eigenvalue weighted by molar-refractivity contribution is 0.0746. The number of aromatic nitrogens is 1. The maximum atomic E-state index is 13.0. The van der Waals surface area contributed by atoms with Gasteiger partial charge < -0.3 is 14.5 Å². The molecule has 4 rings (SSSR count). The molecule has 0 bridgehead atoms. The van der Waals surface area contributed by atoms with Crippen molar-refractivity contribution in [2.24, 2.45) is 0 Å². The Labute approximate surface area is 170 Å². The van der Waals surface area contributed by atoms with Gasteiger partial charge in [0.15, 0.2) is 0 Å². The maximum Gasteiger partial charge on any atom is 0.414 e. The van der Waals surface area contributed by atoms with Gasteiger partial charge in [-0.25, -0.2) is 9.78 Å². The minimum absolute atomic E-state index is 0.0249. The number of carbonyl (C=O) groups is 2. The first-order valence-corrected chi connectivity index (χ1v) is 9.96. The summed E-state index contributed by atoms with van der Waals surface area (Å²) in [5.41, 5.74) is 4.66. The molecule has 0 saturated carbocycles. The summed E-state index contributed by atoms with van der Waals surface area (Å²) in [6, 6.07) is 7.64. The van der Waals surface area contributed by atoms with Gasteiger partial charge in [0.05, 0.1) is 12.2 Å². The summed E-state index contributed by atoms with van der Waals surface area (Å²) >= 11 is 0. The molecule has 29 heavy (non-hydrogen) atoms. The van der Waals surface area contributed by atoms with Gasteiger partial charge in [0.2, 0.25) is 0 Å². The first kappa shape index (κ1) is 19.2. The summed E-state index contributed by atoms with van der Waals surface area (Å²) in [5, 5.41) is 0. The molecule has 2 aliphatic heterocycles. The van der Waals surface area contributed by atoms with E-state index in [1.54, 1.807) is 11.0 Å². The molecule has 3 heterocycles. The van der Waals surface area contributed by atoms with E-state index in [4.69, 9.17) is 4.74 Å². The summed E-state index contributed by atoms with van der Waals surface area (Å²) in [4.78, 5) is 35.1. The number of carbonyl (C=O) groups excluding carboxylic acids is 2. The fourth-order valence-corrected chi connectivity index (χ4v) is 4.05. The summed E-state index contributed by atoms with van der Waals surface area (Å²) in [7, 11) is 0. The smallest absolute Gasteiger partial charge is 0.414 e. The van der Waals surface area contributed by atoms with Gasteiger partial charge in [0, 0.05) is 37.9 Å². The van der Waals surface area contributed by atoms with Crippen LogP contribution in [0.2, 0.25) is 0 Å². The lowest BCUT2D eigenvalue weighted by atomic mass is 10.1. The third-order valence-electron chi connectivity index (χ3n) is 5.55. The first-order chi connectivity index (χ1) is 13.9. The molecule has 2 saturated heterocycles. The molecule has 1 aromatic heterocycles. The van der Waals surface area contributed by atoms with E-state index in [1.165, 1.54) is 0 Å². The van der Waals surface area contributed by atoms with Crippen LogP contribution < -0.4 is 9.80 Å². The van der Waals surface area contributed by atoms with E-state index in [1.807, 2.05) is 37.1 Å². The fourth-order valence-electron chi connectivity index (χ4n) is 4.05. The van der Waals surface area contributed by atoms with Crippen LogP contribution in [0.3, 0.4) is 0 Å². The van der Waals surface area contributed by atoms with Crippen molar-refractivity contribution in [1.29, 1.82) is 0 Å². The van der Waals surface area contributed by atoms with Crippen molar-refractivity contribution in [1.82, 2.24) is 9.88 Å². The van der Waals surface area contributed by atoms with E-state index < -0.39 is 0 Å². The van der Waals surface area contributed by atoms with Gasteiger partial charge in [-0.1, -0.05) is 6.07 Å². The van der Waals surface area contributed by atoms with Crippen LogP contribution in [-0.4, -0.2) is 61.2 Å². The van der Waals surface area contributed by atoms with E-state index in [0.717, 1.165) is 41.3 Å². The Balaban J connectivity index is 1.43. The highest BCUT2D eigenvalue weighted by Gasteiger charge is 2.27. The van der Waals surface area contributed by atoms with Gasteiger partial charge in [-0.05, 0) is 55.7 Å². The molecular formula is C22H26N4O3. The number of nitrogens with zero attached hydrogens (tertiary/aromatic N) is 4. The molecule has 7 nitrogen and oxygen atoms in total. The molecule has 152 valence electrons. The topological polar surface area (TPSA) is 66.0 Å². The van der Waals surface area contributed by atoms with Crippen LogP contribution in [-0.2, 0) is 4.74 Å². The number of amides is 2. The Morgan fingerprint density at radius 3 is 2.38 bits per heavy atom. The molecule has 7 heteroatoms. The molecule has 0 aliphatic carbocycles. The molecule has 2 amide bonds. The van der Waals surface area contributed by atoms with E-state index in [2.05, 4.69) is 22.9 Å². The molecule has 0 radical (unpaired) electrons. The van der Waals surface area contributed by atoms with E-state index in [-0.39, 0.29) is 12.0 Å². The predicted molar refractivity (Wildman–Crippen MR) is 112 cm³/mol. The molecule has 2 fully saturated rings. The second-order valence-corrected chi connectivity index (χ2v) is 7.70. The predicted octanol–water partition coefficient (Wildman–Crippen LogP) is 2.93. The van der Waals surface area contributed by atoms with Crippen LogP contribution in [0.25, 0.3) is 0 Å². The highest BCUT2D eigenvalue weighted by molar-refractivity contribution is 5.96. The van der Waals surface area contributed by atoms with Crippen LogP contribution in [0.4, 0.5) is 16.3 Å². The number of benzene rings is 1. The van der Waals surface area contributed by atoms with E-state index in [0.29, 0.717) is 31.8 Å². The van der Waals surface area contributed by atoms with Gasteiger partial charge in [0.1, 0.15) is 12.4 Å². The van der Waals surface area contributed by atoms with Crippen molar-refractivity contribution in [3.05, 3.63) is 52.7 Å². The SMILES string of the molecule is Cc1cnc(N2CCN(C(=O)c3ccc(N4CCOC4=O)c(C)c3)CC2)c(C)c1. The second kappa shape index (κ2) is 7.73. The Bertz CT molecular complexity index is 951. The molecule has 1 aromatic carbocycles. The third-order valence-corrected chi connectivity index (χ3v) is 5.55. The number of piperazine rings is 1. The van der Waals surface area contributed by atoms with Crippen molar-refractivity contribution >= 4 is 23.5 Å². The normalized spacial score (nSPS) is 16.9. The first-order valence-electron chi connectivity index (χ1n) is 9.96. The summed E-state index contributed by atoms with van der Waals surface area (Å²) in [6.45, 7) is 9.83. The maximum absolute atomic E-state index is 13.0. The van der Waals surface area contributed by atoms with Crippen LogP contribution in [0, 0.1) is 20.8 Å². The highest BCUT2D eigenvalue weighted by atomic mass is 16.6. The molecule has 0 atom stereocenters. The fraction of sp³-hybridized carbons (Fsp3) is 0.409. The molecular weight excluding hydrogens is 368 g/mol. The van der Waals surface area contributed by atoms with Crippen LogP contribution in [0.1, 0.15) is 27.0 Å². The lowest BCUT2D eigenvalue weighted by Crippen LogP contribution is -2.49. The van der Waals surface area contributed by atoms with Crippen LogP contribution in [0.15, 0.2) is 30.5 Å². The summed E-state index contributed by atoms with van der Waals surface area (Å²) < 4.78 is 5.01. The lowest BCUT2D eigenvalue weighted by Gasteiger charge is -2.36. The van der Waals surface area contributed by atoms with Gasteiger partial charge in [0.25, 0.3) is 5.91 Å². The highest BCUT2D eigenvalue weighted by Crippen LogP contribution is 2.25. The van der Waals surface area contributed by atoms with Gasteiger partial charge >= 0.3 is 6.09 Å². The number of rotatable bonds is 3. The quantitative estimate of drug-likeness (QED) is 0.801. The van der Waals surface area contributed by atoms with E-state index >= 15 is 0 Å². The van der Waals surface area contributed by atoms with Gasteiger partial charge in [-0.15, -0.1) is 0 Å². The minimum Gasteiger partial charge on any atom is -0.447 e. The largest absolute Gasteiger partial charge is 0.447 e. The van der Waals surface area contributed by atoms with Crippen molar-refractivity contribution in [2.75, 3.05) is 49.1 Å². The Morgan fingerprint density at radius 1 is 1.00 bits per heavy atom. The number of hydrogen-bond acceptors (Lipinski definition) is 5. The van der Waals surface area contributed by atoms with Crippen LogP contribution in [0.5, 0.6) is 0 Å². The van der Waals surface area contributed by atoms with Crippen molar-refractivity contribution in [2.45, 2.75) is 20.8 Å². The summed E-state index contributed by atoms with van der Waals surface area (Å²) in [5.74, 6) is 1.03.